The second-order valence-electron chi connectivity index (χ2n) is 6.13. The summed E-state index contributed by atoms with van der Waals surface area (Å²) in [5.74, 6) is 2.58. The van der Waals surface area contributed by atoms with Crippen molar-refractivity contribution in [3.63, 3.8) is 0 Å². The van der Waals surface area contributed by atoms with E-state index in [1.54, 1.807) is 7.11 Å². The first-order valence-corrected chi connectivity index (χ1v) is 7.38. The van der Waals surface area contributed by atoms with Crippen molar-refractivity contribution >= 4 is 5.78 Å². The van der Waals surface area contributed by atoms with Gasteiger partial charge in [-0.05, 0) is 42.6 Å². The normalized spacial score (nSPS) is 30.5. The van der Waals surface area contributed by atoms with Crippen LogP contribution in [0.3, 0.4) is 0 Å². The number of hydrogen-bond donors (Lipinski definition) is 0. The number of hydrogen-bond acceptors (Lipinski definition) is 2. The quantitative estimate of drug-likeness (QED) is 0.803. The third-order valence-electron chi connectivity index (χ3n) is 4.98. The van der Waals surface area contributed by atoms with Crippen molar-refractivity contribution in [2.75, 3.05) is 7.11 Å². The van der Waals surface area contributed by atoms with Gasteiger partial charge in [-0.15, -0.1) is 0 Å². The van der Waals surface area contributed by atoms with Crippen LogP contribution in [0.4, 0.5) is 0 Å². The van der Waals surface area contributed by atoms with Crippen molar-refractivity contribution < 1.29 is 9.53 Å². The van der Waals surface area contributed by atoms with E-state index in [2.05, 4.69) is 0 Å². The van der Waals surface area contributed by atoms with Gasteiger partial charge >= 0.3 is 0 Å². The molecule has 0 N–H and O–H groups in total. The van der Waals surface area contributed by atoms with Crippen molar-refractivity contribution in [1.82, 2.24) is 0 Å². The van der Waals surface area contributed by atoms with Crippen LogP contribution in [0, 0.1) is 17.8 Å². The van der Waals surface area contributed by atoms with Crippen molar-refractivity contribution in [3.8, 4) is 0 Å². The number of Topliss-reactive ketones (excluding diaryl/α,β-unsaturated/α-hetero) is 1. The van der Waals surface area contributed by atoms with E-state index in [1.807, 2.05) is 30.3 Å². The maximum absolute atomic E-state index is 12.5. The molecule has 2 nitrogen and oxygen atoms in total. The fourth-order valence-corrected chi connectivity index (χ4v) is 4.07. The van der Waals surface area contributed by atoms with Gasteiger partial charge in [0.25, 0.3) is 0 Å². The Hall–Kier alpha value is -1.15. The second kappa shape index (κ2) is 5.46. The van der Waals surface area contributed by atoms with E-state index in [4.69, 9.17) is 4.74 Å². The molecule has 19 heavy (non-hydrogen) atoms. The molecule has 0 amide bonds. The molecule has 0 spiro atoms. The lowest BCUT2D eigenvalue weighted by Crippen LogP contribution is -2.21. The first kappa shape index (κ1) is 12.9. The highest BCUT2D eigenvalue weighted by Crippen LogP contribution is 2.50. The molecule has 0 aromatic heterocycles. The Kier molecular flexibility index (Phi) is 3.69. The van der Waals surface area contributed by atoms with Crippen LogP contribution in [0.2, 0.25) is 0 Å². The Bertz CT molecular complexity index is 440. The van der Waals surface area contributed by atoms with Crippen LogP contribution in [-0.4, -0.2) is 12.9 Å². The Balaban J connectivity index is 1.65. The SMILES string of the molecule is COC(C(=O)CC1CC2CCC1C2)c1ccccc1. The number of carbonyl (C=O) groups is 1. The van der Waals surface area contributed by atoms with Gasteiger partial charge < -0.3 is 4.74 Å². The molecule has 0 aliphatic heterocycles. The molecule has 102 valence electrons. The van der Waals surface area contributed by atoms with E-state index in [1.165, 1.54) is 25.7 Å². The molecule has 4 atom stereocenters. The Morgan fingerprint density at radius 2 is 2.05 bits per heavy atom. The van der Waals surface area contributed by atoms with Crippen LogP contribution in [0.15, 0.2) is 30.3 Å². The van der Waals surface area contributed by atoms with E-state index in [0.717, 1.165) is 17.4 Å². The summed E-state index contributed by atoms with van der Waals surface area (Å²) in [7, 11) is 1.64. The van der Waals surface area contributed by atoms with Gasteiger partial charge in [0.05, 0.1) is 0 Å². The molecule has 1 aromatic carbocycles. The summed E-state index contributed by atoms with van der Waals surface area (Å²) < 4.78 is 5.44. The van der Waals surface area contributed by atoms with Gasteiger partial charge in [-0.25, -0.2) is 0 Å². The summed E-state index contributed by atoms with van der Waals surface area (Å²) in [5.41, 5.74) is 0.984. The van der Waals surface area contributed by atoms with Crippen LogP contribution in [0.5, 0.6) is 0 Å². The summed E-state index contributed by atoms with van der Waals surface area (Å²) in [6.07, 6.45) is 5.69. The van der Waals surface area contributed by atoms with Gasteiger partial charge in [0.15, 0.2) is 5.78 Å². The minimum absolute atomic E-state index is 0.256. The molecule has 2 heteroatoms. The Labute approximate surface area is 115 Å². The zero-order chi connectivity index (χ0) is 13.2. The zero-order valence-corrected chi connectivity index (χ0v) is 11.5. The van der Waals surface area contributed by atoms with E-state index in [0.29, 0.717) is 12.3 Å². The highest BCUT2D eigenvalue weighted by atomic mass is 16.5. The molecule has 4 unspecified atom stereocenters. The zero-order valence-electron chi connectivity index (χ0n) is 11.5. The van der Waals surface area contributed by atoms with Gasteiger partial charge in [0, 0.05) is 13.5 Å². The summed E-state index contributed by atoms with van der Waals surface area (Å²) in [5, 5.41) is 0. The Morgan fingerprint density at radius 3 is 2.63 bits per heavy atom. The van der Waals surface area contributed by atoms with Crippen LogP contribution in [-0.2, 0) is 9.53 Å². The van der Waals surface area contributed by atoms with Gasteiger partial charge in [-0.2, -0.15) is 0 Å². The molecule has 3 rings (SSSR count). The highest BCUT2D eigenvalue weighted by Gasteiger charge is 2.40. The lowest BCUT2D eigenvalue weighted by Gasteiger charge is -2.23. The lowest BCUT2D eigenvalue weighted by atomic mass is 9.84. The first-order chi connectivity index (χ1) is 9.28. The number of carbonyl (C=O) groups excluding carboxylic acids is 1. The predicted octanol–water partition coefficient (Wildman–Crippen LogP) is 3.77. The maximum Gasteiger partial charge on any atom is 0.166 e. The summed E-state index contributed by atoms with van der Waals surface area (Å²) in [4.78, 5) is 12.5. The summed E-state index contributed by atoms with van der Waals surface area (Å²) in [6, 6.07) is 9.86. The van der Waals surface area contributed by atoms with Crippen molar-refractivity contribution in [3.05, 3.63) is 35.9 Å². The average molecular weight is 258 g/mol. The van der Waals surface area contributed by atoms with Crippen LogP contribution in [0.1, 0.15) is 43.8 Å². The molecule has 0 saturated heterocycles. The van der Waals surface area contributed by atoms with E-state index in [-0.39, 0.29) is 11.9 Å². The first-order valence-electron chi connectivity index (χ1n) is 7.38. The number of ketones is 1. The summed E-state index contributed by atoms with van der Waals surface area (Å²) in [6.45, 7) is 0. The van der Waals surface area contributed by atoms with Crippen LogP contribution in [0.25, 0.3) is 0 Å². The van der Waals surface area contributed by atoms with Gasteiger partial charge in [-0.3, -0.25) is 4.79 Å². The number of methoxy groups -OCH3 is 1. The van der Waals surface area contributed by atoms with Gasteiger partial charge in [-0.1, -0.05) is 36.8 Å². The number of fused-ring (bicyclic) bond motifs is 2. The van der Waals surface area contributed by atoms with E-state index >= 15 is 0 Å². The molecule has 2 bridgehead atoms. The average Bonchev–Trinajstić information content (AvgIpc) is 3.03. The Morgan fingerprint density at radius 1 is 1.26 bits per heavy atom. The summed E-state index contributed by atoms with van der Waals surface area (Å²) >= 11 is 0. The predicted molar refractivity (Wildman–Crippen MR) is 74.8 cm³/mol. The van der Waals surface area contributed by atoms with Crippen LogP contribution < -0.4 is 0 Å². The van der Waals surface area contributed by atoms with Crippen molar-refractivity contribution in [2.45, 2.75) is 38.2 Å². The maximum atomic E-state index is 12.5. The minimum atomic E-state index is -0.375. The molecule has 0 heterocycles. The van der Waals surface area contributed by atoms with Gasteiger partial charge in [0.2, 0.25) is 0 Å². The third-order valence-corrected chi connectivity index (χ3v) is 4.98. The standard InChI is InChI=1S/C17H22O2/c1-19-17(13-5-3-2-4-6-13)16(18)11-15-10-12-7-8-14(15)9-12/h2-6,12,14-15,17H,7-11H2,1H3. The smallest absolute Gasteiger partial charge is 0.166 e. The number of ether oxygens (including phenoxy) is 1. The number of benzene rings is 1. The molecular weight excluding hydrogens is 236 g/mol. The fourth-order valence-electron chi connectivity index (χ4n) is 4.07. The molecule has 2 fully saturated rings. The lowest BCUT2D eigenvalue weighted by molar-refractivity contribution is -0.130. The van der Waals surface area contributed by atoms with Crippen molar-refractivity contribution in [1.29, 1.82) is 0 Å². The monoisotopic (exact) mass is 258 g/mol. The fraction of sp³-hybridized carbons (Fsp3) is 0.588. The molecule has 2 saturated carbocycles. The minimum Gasteiger partial charge on any atom is -0.369 e. The highest BCUT2D eigenvalue weighted by molar-refractivity contribution is 5.84. The molecule has 2 aliphatic rings. The molecule has 0 radical (unpaired) electrons. The van der Waals surface area contributed by atoms with E-state index < -0.39 is 0 Å². The molecule has 2 aliphatic carbocycles. The largest absolute Gasteiger partial charge is 0.369 e. The van der Waals surface area contributed by atoms with Crippen molar-refractivity contribution in [2.24, 2.45) is 17.8 Å². The number of rotatable bonds is 5. The molecule has 1 aromatic rings. The second-order valence-corrected chi connectivity index (χ2v) is 6.13. The molecular formula is C17H22O2. The van der Waals surface area contributed by atoms with E-state index in [9.17, 15) is 4.79 Å². The topological polar surface area (TPSA) is 26.3 Å². The third kappa shape index (κ3) is 2.59. The van der Waals surface area contributed by atoms with Crippen LogP contribution >= 0.6 is 0 Å². The van der Waals surface area contributed by atoms with Gasteiger partial charge in [0.1, 0.15) is 6.10 Å².